The highest BCUT2D eigenvalue weighted by Gasteiger charge is 2.33. The first-order valence-electron chi connectivity index (χ1n) is 9.18. The summed E-state index contributed by atoms with van der Waals surface area (Å²) in [7, 11) is 0. The second kappa shape index (κ2) is 8.72. The van der Waals surface area contributed by atoms with E-state index >= 15 is 0 Å². The number of aliphatic imine (C=N–C) groups is 1. The summed E-state index contributed by atoms with van der Waals surface area (Å²) in [6.45, 7) is 1.08. The molecule has 0 aliphatic carbocycles. The molecular weight excluding hydrogens is 364 g/mol. The molecule has 1 saturated heterocycles. The third-order valence-electron chi connectivity index (χ3n) is 4.41. The van der Waals surface area contributed by atoms with Crippen LogP contribution in [-0.2, 0) is 17.9 Å². The van der Waals surface area contributed by atoms with E-state index in [2.05, 4.69) is 0 Å². The number of nitrogens with zero attached hydrogens (tertiary/aromatic N) is 2. The Morgan fingerprint density at radius 1 is 0.786 bits per heavy atom. The second-order valence-electron chi connectivity index (χ2n) is 6.48. The van der Waals surface area contributed by atoms with E-state index in [1.54, 1.807) is 4.90 Å². The highest BCUT2D eigenvalue weighted by molar-refractivity contribution is 8.18. The summed E-state index contributed by atoms with van der Waals surface area (Å²) in [5, 5.41) is 0.750. The Balaban J connectivity index is 1.63. The van der Waals surface area contributed by atoms with E-state index in [9.17, 15) is 4.79 Å². The molecule has 0 unspecified atom stereocenters. The molecule has 1 amide bonds. The highest BCUT2D eigenvalue weighted by Crippen LogP contribution is 2.34. The molecule has 1 aliphatic rings. The van der Waals surface area contributed by atoms with Crippen molar-refractivity contribution < 1.29 is 4.79 Å². The maximum atomic E-state index is 13.1. The molecule has 0 radical (unpaired) electrons. The van der Waals surface area contributed by atoms with Gasteiger partial charge >= 0.3 is 0 Å². The molecule has 4 heteroatoms. The average Bonchev–Trinajstić information content (AvgIpc) is 3.03. The van der Waals surface area contributed by atoms with Gasteiger partial charge in [-0.05, 0) is 34.5 Å². The van der Waals surface area contributed by atoms with Crippen LogP contribution in [0.2, 0.25) is 0 Å². The van der Waals surface area contributed by atoms with Gasteiger partial charge in [-0.2, -0.15) is 0 Å². The first-order chi connectivity index (χ1) is 13.8. The summed E-state index contributed by atoms with van der Waals surface area (Å²) >= 11 is 1.45. The maximum absolute atomic E-state index is 13.1. The number of carbonyl (C=O) groups excluding carboxylic acids is 1. The largest absolute Gasteiger partial charge is 0.282 e. The molecule has 1 aliphatic heterocycles. The van der Waals surface area contributed by atoms with Crippen molar-refractivity contribution in [3.05, 3.63) is 113 Å². The van der Waals surface area contributed by atoms with Crippen LogP contribution >= 0.6 is 11.8 Å². The van der Waals surface area contributed by atoms with E-state index in [4.69, 9.17) is 4.99 Å². The highest BCUT2D eigenvalue weighted by atomic mass is 32.2. The van der Waals surface area contributed by atoms with E-state index in [0.29, 0.717) is 18.0 Å². The van der Waals surface area contributed by atoms with E-state index in [1.807, 2.05) is 97.1 Å². The van der Waals surface area contributed by atoms with Crippen molar-refractivity contribution in [2.45, 2.75) is 13.1 Å². The van der Waals surface area contributed by atoms with E-state index in [1.165, 1.54) is 11.8 Å². The summed E-state index contributed by atoms with van der Waals surface area (Å²) < 4.78 is 0. The van der Waals surface area contributed by atoms with Crippen LogP contribution in [-0.4, -0.2) is 16.0 Å². The fourth-order valence-electron chi connectivity index (χ4n) is 2.97. The van der Waals surface area contributed by atoms with Crippen LogP contribution in [0.3, 0.4) is 0 Å². The second-order valence-corrected chi connectivity index (χ2v) is 7.49. The minimum atomic E-state index is 0.00418. The summed E-state index contributed by atoms with van der Waals surface area (Å²) in [6, 6.07) is 30.1. The zero-order valence-corrected chi connectivity index (χ0v) is 16.2. The van der Waals surface area contributed by atoms with Crippen molar-refractivity contribution in [2.75, 3.05) is 0 Å². The molecule has 3 aromatic carbocycles. The van der Waals surface area contributed by atoms with Gasteiger partial charge in [0.15, 0.2) is 5.17 Å². The first-order valence-corrected chi connectivity index (χ1v) is 10.00. The molecule has 28 heavy (non-hydrogen) atoms. The van der Waals surface area contributed by atoms with Gasteiger partial charge in [-0.3, -0.25) is 14.7 Å². The predicted molar refractivity (Wildman–Crippen MR) is 117 cm³/mol. The van der Waals surface area contributed by atoms with E-state index in [0.717, 1.165) is 21.9 Å². The molecule has 0 spiro atoms. The van der Waals surface area contributed by atoms with Crippen LogP contribution in [0.15, 0.2) is 101 Å². The quantitative estimate of drug-likeness (QED) is 0.555. The number of thioether (sulfide) groups is 1. The molecular formula is C24H20N2OS. The lowest BCUT2D eigenvalue weighted by atomic mass is 10.2. The summed E-state index contributed by atoms with van der Waals surface area (Å²) in [6.07, 6.45) is 1.94. The number of hydrogen-bond acceptors (Lipinski definition) is 3. The van der Waals surface area contributed by atoms with E-state index < -0.39 is 0 Å². The molecule has 0 atom stereocenters. The lowest BCUT2D eigenvalue weighted by molar-refractivity contribution is -0.122. The smallest absolute Gasteiger partial charge is 0.267 e. The topological polar surface area (TPSA) is 32.7 Å². The number of amides is 1. The van der Waals surface area contributed by atoms with Gasteiger partial charge < -0.3 is 0 Å². The molecule has 4 rings (SSSR count). The molecule has 1 fully saturated rings. The van der Waals surface area contributed by atoms with Crippen LogP contribution in [0.4, 0.5) is 0 Å². The number of carbonyl (C=O) groups is 1. The SMILES string of the molecule is O=C1C(=Cc2ccccc2)SC(=NCc2ccccc2)N1Cc1ccccc1. The van der Waals surface area contributed by atoms with Crippen LogP contribution < -0.4 is 0 Å². The third kappa shape index (κ3) is 4.41. The van der Waals surface area contributed by atoms with Gasteiger partial charge in [-0.1, -0.05) is 91.0 Å². The Hall–Kier alpha value is -3.11. The molecule has 3 aromatic rings. The third-order valence-corrected chi connectivity index (χ3v) is 5.45. The zero-order valence-electron chi connectivity index (χ0n) is 15.4. The van der Waals surface area contributed by atoms with Crippen molar-refractivity contribution in [2.24, 2.45) is 4.99 Å². The van der Waals surface area contributed by atoms with Gasteiger partial charge in [-0.25, -0.2) is 0 Å². The van der Waals surface area contributed by atoms with Gasteiger partial charge in [0.05, 0.1) is 18.0 Å². The van der Waals surface area contributed by atoms with Crippen molar-refractivity contribution in [1.82, 2.24) is 4.90 Å². The Bertz CT molecular complexity index is 999. The van der Waals surface area contributed by atoms with Gasteiger partial charge in [0.1, 0.15) is 0 Å². The number of hydrogen-bond donors (Lipinski definition) is 0. The maximum Gasteiger partial charge on any atom is 0.267 e. The van der Waals surface area contributed by atoms with Crippen molar-refractivity contribution in [3.8, 4) is 0 Å². The van der Waals surface area contributed by atoms with Crippen molar-refractivity contribution in [1.29, 1.82) is 0 Å². The Kier molecular flexibility index (Phi) is 5.69. The van der Waals surface area contributed by atoms with Gasteiger partial charge in [0.2, 0.25) is 0 Å². The lowest BCUT2D eigenvalue weighted by Gasteiger charge is -2.15. The first kappa shape index (κ1) is 18.3. The molecule has 138 valence electrons. The van der Waals surface area contributed by atoms with Gasteiger partial charge in [-0.15, -0.1) is 0 Å². The summed E-state index contributed by atoms with van der Waals surface area (Å²) in [4.78, 5) is 20.3. The summed E-state index contributed by atoms with van der Waals surface area (Å²) in [5.41, 5.74) is 3.23. The van der Waals surface area contributed by atoms with Gasteiger partial charge in [0, 0.05) is 0 Å². The molecule has 1 heterocycles. The monoisotopic (exact) mass is 384 g/mol. The fourth-order valence-corrected chi connectivity index (χ4v) is 3.95. The Morgan fingerprint density at radius 2 is 1.36 bits per heavy atom. The number of amidine groups is 1. The van der Waals surface area contributed by atoms with Gasteiger partial charge in [0.25, 0.3) is 5.91 Å². The summed E-state index contributed by atoms with van der Waals surface area (Å²) in [5.74, 6) is 0.00418. The average molecular weight is 385 g/mol. The van der Waals surface area contributed by atoms with Crippen molar-refractivity contribution in [3.63, 3.8) is 0 Å². The molecule has 0 bridgehead atoms. The minimum Gasteiger partial charge on any atom is -0.282 e. The Morgan fingerprint density at radius 3 is 2.00 bits per heavy atom. The number of benzene rings is 3. The predicted octanol–water partition coefficient (Wildman–Crippen LogP) is 5.36. The fraction of sp³-hybridized carbons (Fsp3) is 0.0833. The molecule has 0 saturated carbocycles. The van der Waals surface area contributed by atoms with Crippen LogP contribution in [0.5, 0.6) is 0 Å². The van der Waals surface area contributed by atoms with Crippen LogP contribution in [0.1, 0.15) is 16.7 Å². The minimum absolute atomic E-state index is 0.00418. The van der Waals surface area contributed by atoms with E-state index in [-0.39, 0.29) is 5.91 Å². The molecule has 0 N–H and O–H groups in total. The Labute approximate surface area is 169 Å². The molecule has 3 nitrogen and oxygen atoms in total. The van der Waals surface area contributed by atoms with Crippen LogP contribution in [0.25, 0.3) is 6.08 Å². The zero-order chi connectivity index (χ0) is 19.2. The number of rotatable bonds is 5. The van der Waals surface area contributed by atoms with Crippen LogP contribution in [0, 0.1) is 0 Å². The standard InChI is InChI=1S/C24H20N2OS/c27-23-22(16-19-10-4-1-5-11-19)28-24(25-17-20-12-6-2-7-13-20)26(23)18-21-14-8-3-9-15-21/h1-16H,17-18H2. The molecule has 0 aromatic heterocycles. The lowest BCUT2D eigenvalue weighted by Crippen LogP contribution is -2.28. The normalized spacial score (nSPS) is 16.9. The van der Waals surface area contributed by atoms with Crippen molar-refractivity contribution >= 4 is 28.9 Å².